The van der Waals surface area contributed by atoms with Gasteiger partial charge in [0, 0.05) is 19.9 Å². The van der Waals surface area contributed by atoms with Gasteiger partial charge < -0.3 is 20.1 Å². The van der Waals surface area contributed by atoms with Gasteiger partial charge in [0.1, 0.15) is 17.8 Å². The number of rotatable bonds is 6. The SMILES string of the molecule is COc1ccc(C[C@@H](NC(C)=O)C(=O)N2CCC[C@H]2C(=O)O)cc1. The van der Waals surface area contributed by atoms with Crippen LogP contribution in [-0.4, -0.2) is 53.5 Å². The molecule has 130 valence electrons. The van der Waals surface area contributed by atoms with Crippen LogP contribution in [0.5, 0.6) is 5.75 Å². The summed E-state index contributed by atoms with van der Waals surface area (Å²) >= 11 is 0. The number of hydrogen-bond acceptors (Lipinski definition) is 4. The molecule has 1 heterocycles. The normalized spacial score (nSPS) is 18.1. The van der Waals surface area contributed by atoms with E-state index in [1.54, 1.807) is 19.2 Å². The Labute approximate surface area is 140 Å². The van der Waals surface area contributed by atoms with E-state index >= 15 is 0 Å². The summed E-state index contributed by atoms with van der Waals surface area (Å²) in [6, 6.07) is 5.60. The van der Waals surface area contributed by atoms with Gasteiger partial charge in [-0.1, -0.05) is 12.1 Å². The Morgan fingerprint density at radius 2 is 2.00 bits per heavy atom. The van der Waals surface area contributed by atoms with Crippen LogP contribution in [0, 0.1) is 0 Å². The minimum absolute atomic E-state index is 0.297. The first-order chi connectivity index (χ1) is 11.4. The number of benzene rings is 1. The Hall–Kier alpha value is -2.57. The van der Waals surface area contributed by atoms with Crippen LogP contribution < -0.4 is 10.1 Å². The van der Waals surface area contributed by atoms with Crippen LogP contribution in [0.2, 0.25) is 0 Å². The molecule has 2 rings (SSSR count). The van der Waals surface area contributed by atoms with Crippen LogP contribution in [-0.2, 0) is 20.8 Å². The molecule has 0 aliphatic carbocycles. The second-order valence-corrected chi connectivity index (χ2v) is 5.83. The molecular formula is C17H22N2O5. The van der Waals surface area contributed by atoms with Gasteiger partial charge in [-0.15, -0.1) is 0 Å². The van der Waals surface area contributed by atoms with Crippen molar-refractivity contribution in [2.45, 2.75) is 38.3 Å². The molecule has 0 radical (unpaired) electrons. The first kappa shape index (κ1) is 17.8. The van der Waals surface area contributed by atoms with Crippen molar-refractivity contribution < 1.29 is 24.2 Å². The van der Waals surface area contributed by atoms with Gasteiger partial charge in [0.05, 0.1) is 7.11 Å². The van der Waals surface area contributed by atoms with Gasteiger partial charge in [-0.3, -0.25) is 9.59 Å². The number of methoxy groups -OCH3 is 1. The number of ether oxygens (including phenoxy) is 1. The monoisotopic (exact) mass is 334 g/mol. The van der Waals surface area contributed by atoms with Gasteiger partial charge in [0.2, 0.25) is 11.8 Å². The second kappa shape index (κ2) is 7.81. The van der Waals surface area contributed by atoms with Crippen molar-refractivity contribution in [3.8, 4) is 5.75 Å². The fourth-order valence-electron chi connectivity index (χ4n) is 2.93. The maximum atomic E-state index is 12.7. The predicted molar refractivity (Wildman–Crippen MR) is 86.7 cm³/mol. The lowest BCUT2D eigenvalue weighted by atomic mass is 10.0. The summed E-state index contributed by atoms with van der Waals surface area (Å²) < 4.78 is 5.10. The summed E-state index contributed by atoms with van der Waals surface area (Å²) in [5.41, 5.74) is 0.856. The highest BCUT2D eigenvalue weighted by atomic mass is 16.5. The standard InChI is InChI=1S/C17H22N2O5/c1-11(20)18-14(10-12-5-7-13(24-2)8-6-12)16(21)19-9-3-4-15(19)17(22)23/h5-8,14-15H,3-4,9-10H2,1-2H3,(H,18,20)(H,22,23)/t14-,15+/m1/s1. The van der Waals surface area contributed by atoms with Crippen LogP contribution >= 0.6 is 0 Å². The Kier molecular flexibility index (Phi) is 5.78. The molecule has 2 atom stereocenters. The van der Waals surface area contributed by atoms with Crippen molar-refractivity contribution in [1.29, 1.82) is 0 Å². The molecule has 1 fully saturated rings. The number of likely N-dealkylation sites (tertiary alicyclic amines) is 1. The molecule has 7 nitrogen and oxygen atoms in total. The summed E-state index contributed by atoms with van der Waals surface area (Å²) in [5.74, 6) is -0.989. The molecule has 0 spiro atoms. The molecule has 1 aromatic rings. The lowest BCUT2D eigenvalue weighted by Gasteiger charge is -2.27. The third-order valence-corrected chi connectivity index (χ3v) is 4.10. The molecule has 1 saturated heterocycles. The molecule has 1 aliphatic heterocycles. The molecular weight excluding hydrogens is 312 g/mol. The van der Waals surface area contributed by atoms with Crippen LogP contribution in [0.4, 0.5) is 0 Å². The Morgan fingerprint density at radius 1 is 1.33 bits per heavy atom. The van der Waals surface area contributed by atoms with E-state index in [1.165, 1.54) is 11.8 Å². The van der Waals surface area contributed by atoms with Gasteiger partial charge in [-0.2, -0.15) is 0 Å². The van der Waals surface area contributed by atoms with Crippen molar-refractivity contribution in [2.24, 2.45) is 0 Å². The minimum Gasteiger partial charge on any atom is -0.497 e. The Morgan fingerprint density at radius 3 is 2.54 bits per heavy atom. The molecule has 0 saturated carbocycles. The van der Waals surface area contributed by atoms with Crippen molar-refractivity contribution in [3.05, 3.63) is 29.8 Å². The largest absolute Gasteiger partial charge is 0.497 e. The van der Waals surface area contributed by atoms with E-state index in [9.17, 15) is 19.5 Å². The van der Waals surface area contributed by atoms with Gasteiger partial charge in [-0.05, 0) is 30.5 Å². The number of carboxylic acids is 1. The van der Waals surface area contributed by atoms with Crippen molar-refractivity contribution in [3.63, 3.8) is 0 Å². The predicted octanol–water partition coefficient (Wildman–Crippen LogP) is 0.818. The highest BCUT2D eigenvalue weighted by molar-refractivity contribution is 5.90. The summed E-state index contributed by atoms with van der Waals surface area (Å²) in [6.45, 7) is 1.74. The zero-order valence-corrected chi connectivity index (χ0v) is 13.8. The zero-order chi connectivity index (χ0) is 17.7. The minimum atomic E-state index is -1.01. The smallest absolute Gasteiger partial charge is 0.326 e. The number of hydrogen-bond donors (Lipinski definition) is 2. The van der Waals surface area contributed by atoms with Gasteiger partial charge in [0.25, 0.3) is 0 Å². The number of amides is 2. The maximum absolute atomic E-state index is 12.7. The van der Waals surface area contributed by atoms with E-state index in [0.29, 0.717) is 31.6 Å². The quantitative estimate of drug-likeness (QED) is 0.803. The van der Waals surface area contributed by atoms with E-state index in [1.807, 2.05) is 12.1 Å². The number of carbonyl (C=O) groups excluding carboxylic acids is 2. The molecule has 1 aromatic carbocycles. The van der Waals surface area contributed by atoms with Gasteiger partial charge in [0.15, 0.2) is 0 Å². The third kappa shape index (κ3) is 4.24. The molecule has 24 heavy (non-hydrogen) atoms. The van der Waals surface area contributed by atoms with E-state index in [4.69, 9.17) is 4.74 Å². The average molecular weight is 334 g/mol. The van der Waals surface area contributed by atoms with Crippen molar-refractivity contribution in [2.75, 3.05) is 13.7 Å². The van der Waals surface area contributed by atoms with Gasteiger partial charge >= 0.3 is 5.97 Å². The van der Waals surface area contributed by atoms with Crippen LogP contribution in [0.25, 0.3) is 0 Å². The van der Waals surface area contributed by atoms with E-state index in [-0.39, 0.29) is 11.8 Å². The summed E-state index contributed by atoms with van der Waals surface area (Å²) in [7, 11) is 1.57. The average Bonchev–Trinajstić information content (AvgIpc) is 3.03. The Balaban J connectivity index is 2.15. The lowest BCUT2D eigenvalue weighted by Crippen LogP contribution is -2.52. The second-order valence-electron chi connectivity index (χ2n) is 5.83. The third-order valence-electron chi connectivity index (χ3n) is 4.10. The van der Waals surface area contributed by atoms with E-state index in [2.05, 4.69) is 5.32 Å². The number of nitrogens with one attached hydrogen (secondary N) is 1. The molecule has 7 heteroatoms. The van der Waals surface area contributed by atoms with Crippen molar-refractivity contribution >= 4 is 17.8 Å². The summed E-state index contributed by atoms with van der Waals surface area (Å²) in [4.78, 5) is 36.9. The molecule has 1 aliphatic rings. The highest BCUT2D eigenvalue weighted by Gasteiger charge is 2.37. The summed E-state index contributed by atoms with van der Waals surface area (Å²) in [6.07, 6.45) is 1.39. The van der Waals surface area contributed by atoms with Crippen molar-refractivity contribution in [1.82, 2.24) is 10.2 Å². The molecule has 0 bridgehead atoms. The molecule has 2 amide bonds. The topological polar surface area (TPSA) is 95.9 Å². The summed E-state index contributed by atoms with van der Waals surface area (Å²) in [5, 5.41) is 11.9. The number of aliphatic carboxylic acids is 1. The van der Waals surface area contributed by atoms with Gasteiger partial charge in [-0.25, -0.2) is 4.79 Å². The number of carbonyl (C=O) groups is 3. The number of carboxylic acid groups (broad SMARTS) is 1. The van der Waals surface area contributed by atoms with E-state index < -0.39 is 18.1 Å². The molecule has 0 aromatic heterocycles. The fraction of sp³-hybridized carbons (Fsp3) is 0.471. The highest BCUT2D eigenvalue weighted by Crippen LogP contribution is 2.20. The zero-order valence-electron chi connectivity index (χ0n) is 13.8. The fourth-order valence-corrected chi connectivity index (χ4v) is 2.93. The lowest BCUT2D eigenvalue weighted by molar-refractivity contribution is -0.149. The van der Waals surface area contributed by atoms with Crippen LogP contribution in [0.1, 0.15) is 25.3 Å². The molecule has 0 unspecified atom stereocenters. The Bertz CT molecular complexity index is 614. The first-order valence-corrected chi connectivity index (χ1v) is 7.85. The van der Waals surface area contributed by atoms with Crippen LogP contribution in [0.15, 0.2) is 24.3 Å². The first-order valence-electron chi connectivity index (χ1n) is 7.85. The maximum Gasteiger partial charge on any atom is 0.326 e. The van der Waals surface area contributed by atoms with Crippen LogP contribution in [0.3, 0.4) is 0 Å². The number of nitrogens with zero attached hydrogens (tertiary/aromatic N) is 1. The van der Waals surface area contributed by atoms with E-state index in [0.717, 1.165) is 5.56 Å². The molecule has 2 N–H and O–H groups in total.